The predicted octanol–water partition coefficient (Wildman–Crippen LogP) is 6.91. The minimum atomic E-state index is -1.16. The van der Waals surface area contributed by atoms with Gasteiger partial charge in [0.2, 0.25) is 0 Å². The normalized spacial score (nSPS) is 12.9. The van der Waals surface area contributed by atoms with Gasteiger partial charge in [-0.15, -0.1) is 0 Å². The van der Waals surface area contributed by atoms with Gasteiger partial charge in [-0.1, -0.05) is 44.2 Å². The number of hydrogen-bond donors (Lipinski definition) is 2. The molecule has 204 valence electrons. The summed E-state index contributed by atoms with van der Waals surface area (Å²) in [5, 5.41) is 13.1. The quantitative estimate of drug-likeness (QED) is 0.246. The Morgan fingerprint density at radius 2 is 1.69 bits per heavy atom. The second kappa shape index (κ2) is 11.3. The molecule has 4 aromatic rings. The smallest absolute Gasteiger partial charge is 0.344 e. The first kappa shape index (κ1) is 27.9. The maximum Gasteiger partial charge on any atom is 0.344 e. The number of nitrogens with zero attached hydrogens (tertiary/aromatic N) is 1. The number of carboxylic acids is 1. The summed E-state index contributed by atoms with van der Waals surface area (Å²) in [6.45, 7) is 12.1. The summed E-state index contributed by atoms with van der Waals surface area (Å²) in [6, 6.07) is 18.4. The van der Waals surface area contributed by atoms with Crippen molar-refractivity contribution in [3.05, 3.63) is 100.0 Å². The van der Waals surface area contributed by atoms with E-state index in [9.17, 15) is 14.0 Å². The van der Waals surface area contributed by atoms with E-state index >= 15 is 0 Å². The molecule has 0 aliphatic rings. The lowest BCUT2D eigenvalue weighted by Crippen LogP contribution is -2.26. The molecular formula is C32H35FN2O4. The van der Waals surface area contributed by atoms with Crippen molar-refractivity contribution in [1.82, 2.24) is 9.88 Å². The molecule has 0 aliphatic carbocycles. The third-order valence-electron chi connectivity index (χ3n) is 7.31. The third kappa shape index (κ3) is 5.98. The molecule has 1 heterocycles. The van der Waals surface area contributed by atoms with E-state index < -0.39 is 17.9 Å². The van der Waals surface area contributed by atoms with Gasteiger partial charge in [-0.25, -0.2) is 9.18 Å². The van der Waals surface area contributed by atoms with E-state index in [1.165, 1.54) is 24.6 Å². The van der Waals surface area contributed by atoms with Gasteiger partial charge in [0.15, 0.2) is 17.7 Å². The van der Waals surface area contributed by atoms with Crippen molar-refractivity contribution in [3.8, 4) is 5.75 Å². The third-order valence-corrected chi connectivity index (χ3v) is 7.31. The van der Waals surface area contributed by atoms with Crippen molar-refractivity contribution in [2.45, 2.75) is 66.2 Å². The number of rotatable bonds is 9. The Hall–Kier alpha value is -4.13. The number of carbonyl (C=O) groups is 2. The predicted molar refractivity (Wildman–Crippen MR) is 151 cm³/mol. The maximum atomic E-state index is 14.7. The van der Waals surface area contributed by atoms with E-state index in [-0.39, 0.29) is 17.7 Å². The highest BCUT2D eigenvalue weighted by Gasteiger charge is 2.18. The van der Waals surface area contributed by atoms with E-state index in [1.54, 1.807) is 6.07 Å². The molecule has 0 unspecified atom stereocenters. The lowest BCUT2D eigenvalue weighted by atomic mass is 9.98. The lowest BCUT2D eigenvalue weighted by molar-refractivity contribution is -0.144. The minimum absolute atomic E-state index is 0.0975. The van der Waals surface area contributed by atoms with E-state index in [4.69, 9.17) is 9.84 Å². The molecule has 2 atom stereocenters. The van der Waals surface area contributed by atoms with Crippen molar-refractivity contribution >= 4 is 22.8 Å². The molecule has 3 aromatic carbocycles. The van der Waals surface area contributed by atoms with E-state index in [0.29, 0.717) is 23.6 Å². The fourth-order valence-electron chi connectivity index (χ4n) is 4.71. The van der Waals surface area contributed by atoms with E-state index in [1.807, 2.05) is 51.1 Å². The van der Waals surface area contributed by atoms with Crippen LogP contribution in [0.5, 0.6) is 5.75 Å². The van der Waals surface area contributed by atoms with Crippen LogP contribution in [0.2, 0.25) is 0 Å². The van der Waals surface area contributed by atoms with Gasteiger partial charge in [-0.05, 0) is 86.2 Å². The van der Waals surface area contributed by atoms with Crippen molar-refractivity contribution in [1.29, 1.82) is 0 Å². The summed E-state index contributed by atoms with van der Waals surface area (Å²) in [4.78, 5) is 24.2. The number of aliphatic carboxylic acids is 1. The first-order valence-corrected chi connectivity index (χ1v) is 13.1. The van der Waals surface area contributed by atoms with Crippen molar-refractivity contribution in [2.75, 3.05) is 0 Å². The van der Waals surface area contributed by atoms with Crippen molar-refractivity contribution in [3.63, 3.8) is 0 Å². The number of halogens is 1. The van der Waals surface area contributed by atoms with Crippen LogP contribution < -0.4 is 10.1 Å². The molecule has 1 amide bonds. The van der Waals surface area contributed by atoms with Gasteiger partial charge in [0.1, 0.15) is 0 Å². The Morgan fingerprint density at radius 1 is 0.974 bits per heavy atom. The molecule has 0 spiro atoms. The van der Waals surface area contributed by atoms with Crippen LogP contribution >= 0.6 is 0 Å². The Kier molecular flexibility index (Phi) is 8.09. The van der Waals surface area contributed by atoms with Crippen LogP contribution in [0, 0.1) is 19.7 Å². The Labute approximate surface area is 228 Å². The fraction of sp³-hybridized carbons (Fsp3) is 0.312. The van der Waals surface area contributed by atoms with E-state index in [2.05, 4.69) is 35.9 Å². The molecule has 1 aromatic heterocycles. The molecule has 0 aliphatic heterocycles. The fourth-order valence-corrected chi connectivity index (χ4v) is 4.71. The Bertz CT molecular complexity index is 1540. The summed E-state index contributed by atoms with van der Waals surface area (Å²) in [7, 11) is 0. The topological polar surface area (TPSA) is 80.6 Å². The summed E-state index contributed by atoms with van der Waals surface area (Å²) < 4.78 is 21.9. The molecule has 0 saturated heterocycles. The number of ether oxygens (including phenoxy) is 1. The number of hydrogen-bond acceptors (Lipinski definition) is 3. The SMILES string of the molecule is Cc1c(C)n(Cc2ccc(O[C@@H](C)C(=O)O)c(F)c2)c2ccc(C(=O)N[C@@H](C)c3cccc(C(C)C)c3)cc12. The Morgan fingerprint density at radius 3 is 2.36 bits per heavy atom. The summed E-state index contributed by atoms with van der Waals surface area (Å²) >= 11 is 0. The lowest BCUT2D eigenvalue weighted by Gasteiger charge is -2.16. The number of carboxylic acid groups (broad SMARTS) is 1. The summed E-state index contributed by atoms with van der Waals surface area (Å²) in [5.41, 5.74) is 6.60. The molecule has 0 fully saturated rings. The van der Waals surface area contributed by atoms with Gasteiger partial charge in [0, 0.05) is 28.7 Å². The first-order chi connectivity index (χ1) is 18.5. The van der Waals surface area contributed by atoms with Crippen LogP contribution in [-0.4, -0.2) is 27.7 Å². The molecule has 0 saturated carbocycles. The van der Waals surface area contributed by atoms with Gasteiger partial charge in [0.25, 0.3) is 5.91 Å². The largest absolute Gasteiger partial charge is 0.479 e. The van der Waals surface area contributed by atoms with Gasteiger partial charge < -0.3 is 19.7 Å². The maximum absolute atomic E-state index is 14.7. The average Bonchev–Trinajstić information content (AvgIpc) is 3.14. The van der Waals surface area contributed by atoms with E-state index in [0.717, 1.165) is 27.7 Å². The highest BCUT2D eigenvalue weighted by Crippen LogP contribution is 2.29. The minimum Gasteiger partial charge on any atom is -0.479 e. The summed E-state index contributed by atoms with van der Waals surface area (Å²) in [6.07, 6.45) is -1.15. The Balaban J connectivity index is 1.55. The monoisotopic (exact) mass is 530 g/mol. The second-order valence-electron chi connectivity index (χ2n) is 10.4. The number of carbonyl (C=O) groups excluding carboxylic acids is 1. The van der Waals surface area contributed by atoms with Gasteiger partial charge in [0.05, 0.1) is 6.04 Å². The molecule has 2 N–H and O–H groups in total. The van der Waals surface area contributed by atoms with Crippen LogP contribution in [0.3, 0.4) is 0 Å². The number of nitrogens with one attached hydrogen (secondary N) is 1. The van der Waals surface area contributed by atoms with Crippen LogP contribution in [0.15, 0.2) is 60.7 Å². The highest BCUT2D eigenvalue weighted by atomic mass is 19.1. The van der Waals surface area contributed by atoms with Crippen molar-refractivity contribution < 1.29 is 23.8 Å². The molecule has 0 bridgehead atoms. The molecular weight excluding hydrogens is 495 g/mol. The molecule has 39 heavy (non-hydrogen) atoms. The second-order valence-corrected chi connectivity index (χ2v) is 10.4. The van der Waals surface area contributed by atoms with Crippen LogP contribution in [0.4, 0.5) is 4.39 Å². The van der Waals surface area contributed by atoms with Crippen LogP contribution in [-0.2, 0) is 11.3 Å². The number of amides is 1. The van der Waals surface area contributed by atoms with Crippen LogP contribution in [0.25, 0.3) is 10.9 Å². The zero-order chi connectivity index (χ0) is 28.4. The molecule has 7 heteroatoms. The number of fused-ring (bicyclic) bond motifs is 1. The highest BCUT2D eigenvalue weighted by molar-refractivity contribution is 5.99. The number of aryl methyl sites for hydroxylation is 1. The van der Waals surface area contributed by atoms with Crippen LogP contribution in [0.1, 0.15) is 78.0 Å². The first-order valence-electron chi connectivity index (χ1n) is 13.1. The summed E-state index contributed by atoms with van der Waals surface area (Å²) in [5.74, 6) is -1.60. The van der Waals surface area contributed by atoms with Gasteiger partial charge in [-0.3, -0.25) is 4.79 Å². The molecule has 6 nitrogen and oxygen atoms in total. The van der Waals surface area contributed by atoms with Gasteiger partial charge >= 0.3 is 5.97 Å². The van der Waals surface area contributed by atoms with Gasteiger partial charge in [-0.2, -0.15) is 0 Å². The number of aromatic nitrogens is 1. The average molecular weight is 531 g/mol. The van der Waals surface area contributed by atoms with Crippen molar-refractivity contribution in [2.24, 2.45) is 0 Å². The molecule has 0 radical (unpaired) electrons. The standard InChI is InChI=1S/C32H35FN2O4/c1-18(2)24-8-7-9-25(15-24)20(4)34-31(36)26-11-12-29-27(16-26)19(3)21(5)35(29)17-23-10-13-30(28(33)14-23)39-22(6)32(37)38/h7-16,18,20,22H,17H2,1-6H3,(H,34,36)(H,37,38)/t20-,22-/m0/s1. The zero-order valence-electron chi connectivity index (χ0n) is 23.2. The molecule has 4 rings (SSSR count). The number of benzene rings is 3. The zero-order valence-corrected chi connectivity index (χ0v) is 23.2.